The maximum Gasteiger partial charge on any atom is 0.239 e. The van der Waals surface area contributed by atoms with Crippen LogP contribution in [0.1, 0.15) is 48.4 Å². The molecule has 6 aromatic rings. The summed E-state index contributed by atoms with van der Waals surface area (Å²) in [5.74, 6) is 1.71. The van der Waals surface area contributed by atoms with Crippen molar-refractivity contribution in [1.82, 2.24) is 50.5 Å². The molecule has 6 aromatic heterocycles. The number of carbonyl (C=O) groups is 2. The van der Waals surface area contributed by atoms with Crippen molar-refractivity contribution >= 4 is 35.0 Å². The summed E-state index contributed by atoms with van der Waals surface area (Å²) in [6, 6.07) is 17.3. The highest BCUT2D eigenvalue weighted by Crippen LogP contribution is 2.35. The zero-order valence-corrected chi connectivity index (χ0v) is 34.2. The van der Waals surface area contributed by atoms with Crippen LogP contribution in [0.3, 0.4) is 0 Å². The molecule has 2 amide bonds. The number of nitrogens with one attached hydrogen (secondary N) is 2. The van der Waals surface area contributed by atoms with Crippen molar-refractivity contribution in [3.05, 3.63) is 120 Å². The molecule has 2 N–H and O–H groups in total. The van der Waals surface area contributed by atoms with Gasteiger partial charge in [0.25, 0.3) is 0 Å². The number of anilines is 4. The summed E-state index contributed by atoms with van der Waals surface area (Å²) in [6.45, 7) is 8.10. The molecule has 16 nitrogen and oxygen atoms in total. The fourth-order valence-corrected chi connectivity index (χ4v) is 8.26. The molecule has 2 fully saturated rings. The van der Waals surface area contributed by atoms with E-state index < -0.39 is 5.95 Å². The molecular formula is C44H44F2N14O2. The van der Waals surface area contributed by atoms with Gasteiger partial charge in [0, 0.05) is 118 Å². The van der Waals surface area contributed by atoms with E-state index in [1.54, 1.807) is 17.3 Å². The van der Waals surface area contributed by atoms with Crippen LogP contribution < -0.4 is 30.2 Å². The number of nitrogens with zero attached hydrogens (tertiary/aromatic N) is 12. The number of amides is 2. The second kappa shape index (κ2) is 17.4. The molecule has 10 heterocycles. The molecule has 10 rings (SSSR count). The van der Waals surface area contributed by atoms with Crippen molar-refractivity contribution in [2.24, 2.45) is 0 Å². The minimum atomic E-state index is -0.557. The predicted octanol–water partition coefficient (Wildman–Crippen LogP) is 4.27. The summed E-state index contributed by atoms with van der Waals surface area (Å²) in [7, 11) is 0. The van der Waals surface area contributed by atoms with E-state index in [2.05, 4.69) is 50.3 Å². The van der Waals surface area contributed by atoms with Crippen LogP contribution >= 0.6 is 0 Å². The highest BCUT2D eigenvalue weighted by molar-refractivity contribution is 5.83. The zero-order valence-electron chi connectivity index (χ0n) is 34.2. The van der Waals surface area contributed by atoms with Gasteiger partial charge in [-0.2, -0.15) is 4.39 Å². The first kappa shape index (κ1) is 40.2. The Kier molecular flexibility index (Phi) is 11.3. The first-order valence-electron chi connectivity index (χ1n) is 20.6. The average molecular weight is 839 g/mol. The molecule has 18 heteroatoms. The van der Waals surface area contributed by atoms with Crippen molar-refractivity contribution < 1.29 is 18.4 Å². The molecule has 0 aromatic carbocycles. The van der Waals surface area contributed by atoms with Crippen molar-refractivity contribution in [3.63, 3.8) is 0 Å². The average Bonchev–Trinajstić information content (AvgIpc) is 3.29. The second-order valence-electron chi connectivity index (χ2n) is 15.4. The molecule has 2 saturated heterocycles. The number of hydrogen-bond acceptors (Lipinski definition) is 14. The topological polar surface area (TPSA) is 174 Å². The third-order valence-electron chi connectivity index (χ3n) is 11.5. The Labute approximate surface area is 356 Å². The van der Waals surface area contributed by atoms with E-state index in [1.165, 1.54) is 18.2 Å². The Balaban J connectivity index is 0.000000158. The molecule has 316 valence electrons. The third kappa shape index (κ3) is 8.53. The van der Waals surface area contributed by atoms with Gasteiger partial charge in [0.15, 0.2) is 11.6 Å². The lowest BCUT2D eigenvalue weighted by atomic mass is 9.99. The Morgan fingerprint density at radius 1 is 0.597 bits per heavy atom. The summed E-state index contributed by atoms with van der Waals surface area (Å²) in [6.07, 6.45) is 8.50. The van der Waals surface area contributed by atoms with E-state index in [9.17, 15) is 18.4 Å². The van der Waals surface area contributed by atoms with E-state index in [4.69, 9.17) is 9.97 Å². The van der Waals surface area contributed by atoms with Crippen LogP contribution in [-0.2, 0) is 22.4 Å². The summed E-state index contributed by atoms with van der Waals surface area (Å²) in [5.41, 5.74) is 6.08. The predicted molar refractivity (Wildman–Crippen MR) is 228 cm³/mol. The zero-order chi connectivity index (χ0) is 42.7. The Morgan fingerprint density at radius 3 is 1.68 bits per heavy atom. The van der Waals surface area contributed by atoms with Crippen LogP contribution in [-0.4, -0.2) is 104 Å². The Bertz CT molecular complexity index is 2430. The Morgan fingerprint density at radius 2 is 1.13 bits per heavy atom. The van der Waals surface area contributed by atoms with Crippen LogP contribution in [0.25, 0.3) is 23.0 Å². The number of rotatable bonds is 6. The molecule has 0 saturated carbocycles. The molecule has 0 aliphatic carbocycles. The number of hydrogen-bond donors (Lipinski definition) is 2. The van der Waals surface area contributed by atoms with Crippen molar-refractivity contribution in [2.75, 3.05) is 72.0 Å². The smallest absolute Gasteiger partial charge is 0.239 e. The van der Waals surface area contributed by atoms with E-state index in [1.807, 2.05) is 73.6 Å². The van der Waals surface area contributed by atoms with Gasteiger partial charge < -0.3 is 30.2 Å². The van der Waals surface area contributed by atoms with Crippen molar-refractivity contribution in [3.8, 4) is 23.0 Å². The fraction of sp³-hybridized carbons (Fsp3) is 0.318. The van der Waals surface area contributed by atoms with Gasteiger partial charge in [-0.05, 0) is 38.1 Å². The normalized spacial score (nSPS) is 18.5. The number of piperazine rings is 2. The quantitative estimate of drug-likeness (QED) is 0.228. The molecule has 0 radical (unpaired) electrons. The van der Waals surface area contributed by atoms with Crippen LogP contribution in [0, 0.1) is 11.8 Å². The van der Waals surface area contributed by atoms with Crippen LogP contribution in [0.5, 0.6) is 0 Å². The number of halogens is 2. The minimum Gasteiger partial charge on any atom is -0.360 e. The lowest BCUT2D eigenvalue weighted by Gasteiger charge is -2.36. The van der Waals surface area contributed by atoms with E-state index in [0.29, 0.717) is 86.9 Å². The molecule has 0 spiro atoms. The van der Waals surface area contributed by atoms with Gasteiger partial charge in [-0.1, -0.05) is 12.1 Å². The molecule has 4 aliphatic rings. The van der Waals surface area contributed by atoms with E-state index >= 15 is 0 Å². The lowest BCUT2D eigenvalue weighted by Crippen LogP contribution is -2.48. The van der Waals surface area contributed by atoms with E-state index in [-0.39, 0.29) is 42.8 Å². The standard InChI is InChI=1S/2C22H22FN7O/c1-14-16-12-26-22(18-4-2-3-6-24-18)27-17(16)5-8-30(14)20-11-15(10-19(23)28-20)29-9-7-25-21(31)13-29;1-14-16-12-26-22(18-4-2-3-6-24-18)27-17(16)5-8-30(14)20-11-15(23)10-19(28-20)29-9-7-25-21(31)13-29/h2*2-4,6,10-12,14H,5,7-9,13H2,1H3,(H,25,31). The summed E-state index contributed by atoms with van der Waals surface area (Å²) >= 11 is 0. The minimum absolute atomic E-state index is 0.0617. The monoisotopic (exact) mass is 838 g/mol. The van der Waals surface area contributed by atoms with E-state index in [0.717, 1.165) is 33.9 Å². The number of carbonyl (C=O) groups excluding carboxylic acids is 2. The van der Waals surface area contributed by atoms with Gasteiger partial charge in [0.2, 0.25) is 17.8 Å². The molecular weight excluding hydrogens is 795 g/mol. The maximum atomic E-state index is 14.5. The largest absolute Gasteiger partial charge is 0.360 e. The number of fused-ring (bicyclic) bond motifs is 2. The highest BCUT2D eigenvalue weighted by atomic mass is 19.1. The van der Waals surface area contributed by atoms with Crippen molar-refractivity contribution in [2.45, 2.75) is 38.8 Å². The lowest BCUT2D eigenvalue weighted by molar-refractivity contribution is -0.121. The van der Waals surface area contributed by atoms with Gasteiger partial charge in [-0.3, -0.25) is 19.6 Å². The molecule has 62 heavy (non-hydrogen) atoms. The number of pyridine rings is 4. The van der Waals surface area contributed by atoms with Gasteiger partial charge in [0.05, 0.1) is 36.6 Å². The first-order valence-corrected chi connectivity index (χ1v) is 20.6. The van der Waals surface area contributed by atoms with Crippen LogP contribution in [0.2, 0.25) is 0 Å². The maximum absolute atomic E-state index is 14.5. The summed E-state index contributed by atoms with van der Waals surface area (Å²) in [5, 5.41) is 5.57. The molecule has 2 atom stereocenters. The number of aromatic nitrogens is 8. The van der Waals surface area contributed by atoms with Crippen LogP contribution in [0.4, 0.5) is 31.9 Å². The molecule has 4 aliphatic heterocycles. The van der Waals surface area contributed by atoms with Crippen LogP contribution in [0.15, 0.2) is 85.5 Å². The summed E-state index contributed by atoms with van der Waals surface area (Å²) in [4.78, 5) is 67.2. The van der Waals surface area contributed by atoms with Gasteiger partial charge in [0.1, 0.15) is 34.7 Å². The van der Waals surface area contributed by atoms with Crippen molar-refractivity contribution in [1.29, 1.82) is 0 Å². The molecule has 2 unspecified atom stereocenters. The fourth-order valence-electron chi connectivity index (χ4n) is 8.26. The third-order valence-corrected chi connectivity index (χ3v) is 11.5. The van der Waals surface area contributed by atoms with Gasteiger partial charge in [-0.25, -0.2) is 34.3 Å². The van der Waals surface area contributed by atoms with Gasteiger partial charge in [-0.15, -0.1) is 0 Å². The highest BCUT2D eigenvalue weighted by Gasteiger charge is 2.30. The first-order chi connectivity index (χ1) is 30.2. The SMILES string of the molecule is CC1c2cnc(-c3ccccn3)nc2CCN1c1cc(F)cc(N2CCNC(=O)C2)n1.CC1c2cnc(-c3ccccn3)nc2CCN1c1cc(N2CCNC(=O)C2)cc(F)n1. The second-order valence-corrected chi connectivity index (χ2v) is 15.4. The van der Waals surface area contributed by atoms with Gasteiger partial charge >= 0.3 is 0 Å². The molecule has 0 bridgehead atoms. The summed E-state index contributed by atoms with van der Waals surface area (Å²) < 4.78 is 28.9. The Hall–Kier alpha value is -7.24.